The molecule has 35 heavy (non-hydrogen) atoms. The van der Waals surface area contributed by atoms with Gasteiger partial charge in [-0.3, -0.25) is 4.79 Å². The van der Waals surface area contributed by atoms with Crippen LogP contribution < -0.4 is 5.32 Å². The molecular weight excluding hydrogens is 465 g/mol. The molecule has 0 atom stereocenters. The maximum atomic E-state index is 13.5. The number of amides is 1. The predicted octanol–water partition coefficient (Wildman–Crippen LogP) is 4.08. The molecule has 180 valence electrons. The first-order valence-electron chi connectivity index (χ1n) is 10.2. The smallest absolute Gasteiger partial charge is 0.324 e. The van der Waals surface area contributed by atoms with Crippen LogP contribution >= 0.6 is 0 Å². The Morgan fingerprint density at radius 3 is 2.34 bits per heavy atom. The Morgan fingerprint density at radius 1 is 1.09 bits per heavy atom. The highest BCUT2D eigenvalue weighted by atomic mass is 19.4. The molecule has 0 bridgehead atoms. The zero-order valence-corrected chi connectivity index (χ0v) is 18.6. The standard InChI is InChI=1S/C22H19F3N6O.CO2/c1-3-15-12-26-31(21(15)22(23,24)25)17-10-8-16(9-11-17)19-13-30(29-28-19)20-7-5-4-6-18(20)27-14(2)32;2-1-3/h4-13H,3H2,1-2H3,(H,27,32);. The SMILES string of the molecule is CCc1cnn(-c2ccc(-c3cn(-c4ccccc4NC(C)=O)nn3)cc2)c1C(F)(F)F.O=C=O. The lowest BCUT2D eigenvalue weighted by Gasteiger charge is -2.12. The van der Waals surface area contributed by atoms with E-state index >= 15 is 0 Å². The first kappa shape index (κ1) is 25.1. The number of nitrogens with one attached hydrogen (secondary N) is 1. The van der Waals surface area contributed by atoms with Gasteiger partial charge >= 0.3 is 12.3 Å². The normalized spacial score (nSPS) is 10.8. The van der Waals surface area contributed by atoms with Crippen LogP contribution in [0.2, 0.25) is 0 Å². The lowest BCUT2D eigenvalue weighted by atomic mass is 10.1. The highest BCUT2D eigenvalue weighted by Crippen LogP contribution is 2.34. The Bertz CT molecular complexity index is 1350. The van der Waals surface area contributed by atoms with E-state index in [1.807, 2.05) is 6.07 Å². The van der Waals surface area contributed by atoms with E-state index in [-0.39, 0.29) is 24.0 Å². The number of hydrogen-bond acceptors (Lipinski definition) is 6. The van der Waals surface area contributed by atoms with Gasteiger partial charge in [0.1, 0.15) is 5.69 Å². The number of anilines is 1. The first-order valence-corrected chi connectivity index (χ1v) is 10.2. The molecule has 2 heterocycles. The number of alkyl halides is 3. The number of rotatable bonds is 5. The minimum absolute atomic E-state index is 0.141. The molecule has 4 aromatic rings. The van der Waals surface area contributed by atoms with Crippen molar-refractivity contribution in [3.05, 3.63) is 72.2 Å². The summed E-state index contributed by atoms with van der Waals surface area (Å²) in [4.78, 5) is 27.7. The Labute approximate surface area is 197 Å². The second kappa shape index (κ2) is 10.6. The van der Waals surface area contributed by atoms with Crippen molar-refractivity contribution in [2.24, 2.45) is 0 Å². The van der Waals surface area contributed by atoms with Crippen molar-refractivity contribution in [2.75, 3.05) is 5.32 Å². The highest BCUT2D eigenvalue weighted by molar-refractivity contribution is 5.91. The number of hydrogen-bond donors (Lipinski definition) is 1. The molecule has 2 aromatic heterocycles. The van der Waals surface area contributed by atoms with Crippen LogP contribution in [-0.2, 0) is 27.0 Å². The second-order valence-electron chi connectivity index (χ2n) is 7.16. The topological polar surface area (TPSA) is 112 Å². The fraction of sp³-hybridized carbons (Fsp3) is 0.174. The van der Waals surface area contributed by atoms with Crippen LogP contribution in [0.25, 0.3) is 22.6 Å². The molecule has 0 saturated heterocycles. The van der Waals surface area contributed by atoms with Gasteiger partial charge in [0.05, 0.1) is 29.5 Å². The van der Waals surface area contributed by atoms with E-state index in [4.69, 9.17) is 9.59 Å². The third-order valence-electron chi connectivity index (χ3n) is 4.86. The van der Waals surface area contributed by atoms with Crippen molar-refractivity contribution in [3.63, 3.8) is 0 Å². The minimum Gasteiger partial charge on any atom is -0.324 e. The summed E-state index contributed by atoms with van der Waals surface area (Å²) >= 11 is 0. The summed E-state index contributed by atoms with van der Waals surface area (Å²) in [6, 6.07) is 13.6. The zero-order valence-electron chi connectivity index (χ0n) is 18.6. The van der Waals surface area contributed by atoms with Crippen LogP contribution in [0, 0.1) is 0 Å². The van der Waals surface area contributed by atoms with Crippen LogP contribution in [0.3, 0.4) is 0 Å². The fourth-order valence-corrected chi connectivity index (χ4v) is 3.39. The zero-order chi connectivity index (χ0) is 25.6. The van der Waals surface area contributed by atoms with Gasteiger partial charge in [0, 0.05) is 18.1 Å². The summed E-state index contributed by atoms with van der Waals surface area (Å²) in [6.07, 6.45) is -1.10. The summed E-state index contributed by atoms with van der Waals surface area (Å²) in [5.41, 5.74) is 2.08. The van der Waals surface area contributed by atoms with Gasteiger partial charge in [-0.1, -0.05) is 36.4 Å². The summed E-state index contributed by atoms with van der Waals surface area (Å²) in [5.74, 6) is -0.212. The summed E-state index contributed by atoms with van der Waals surface area (Å²) < 4.78 is 43.0. The van der Waals surface area contributed by atoms with Gasteiger partial charge in [-0.25, -0.2) is 9.36 Å². The molecule has 0 aliphatic heterocycles. The van der Waals surface area contributed by atoms with Crippen LogP contribution in [-0.4, -0.2) is 36.8 Å². The number of nitrogens with zero attached hydrogens (tertiary/aromatic N) is 5. The molecule has 1 amide bonds. The molecule has 0 unspecified atom stereocenters. The van der Waals surface area contributed by atoms with E-state index in [0.717, 1.165) is 4.68 Å². The van der Waals surface area contributed by atoms with Crippen molar-refractivity contribution in [3.8, 4) is 22.6 Å². The van der Waals surface area contributed by atoms with E-state index in [2.05, 4.69) is 20.7 Å². The quantitative estimate of drug-likeness (QED) is 0.457. The van der Waals surface area contributed by atoms with Crippen molar-refractivity contribution in [1.82, 2.24) is 24.8 Å². The molecule has 0 spiro atoms. The molecular formula is C23H19F3N6O3. The Kier molecular flexibility index (Phi) is 7.57. The number of aryl methyl sites for hydroxylation is 1. The molecule has 0 fully saturated rings. The molecule has 0 saturated carbocycles. The van der Waals surface area contributed by atoms with Gasteiger partial charge in [-0.05, 0) is 30.7 Å². The average Bonchev–Trinajstić information content (AvgIpc) is 3.47. The number of carbonyl (C=O) groups is 1. The maximum Gasteiger partial charge on any atom is 0.433 e. The third-order valence-corrected chi connectivity index (χ3v) is 4.86. The molecule has 0 aliphatic rings. The highest BCUT2D eigenvalue weighted by Gasteiger charge is 2.38. The third kappa shape index (κ3) is 5.68. The van der Waals surface area contributed by atoms with Gasteiger partial charge in [-0.15, -0.1) is 5.10 Å². The number of para-hydroxylation sites is 2. The first-order chi connectivity index (χ1) is 16.7. The lowest BCUT2D eigenvalue weighted by Crippen LogP contribution is -2.15. The Balaban J connectivity index is 0.00000108. The fourth-order valence-electron chi connectivity index (χ4n) is 3.39. The van der Waals surface area contributed by atoms with Gasteiger partial charge < -0.3 is 5.32 Å². The van der Waals surface area contributed by atoms with Crippen LogP contribution in [0.4, 0.5) is 18.9 Å². The summed E-state index contributed by atoms with van der Waals surface area (Å²) in [7, 11) is 0. The van der Waals surface area contributed by atoms with E-state index in [0.29, 0.717) is 28.3 Å². The van der Waals surface area contributed by atoms with Gasteiger partial charge in [0.25, 0.3) is 0 Å². The molecule has 1 N–H and O–H groups in total. The number of carbonyl (C=O) groups excluding carboxylic acids is 3. The summed E-state index contributed by atoms with van der Waals surface area (Å²) in [5, 5.41) is 15.0. The molecule has 2 aromatic carbocycles. The molecule has 9 nitrogen and oxygen atoms in total. The van der Waals surface area contributed by atoms with Crippen LogP contribution in [0.1, 0.15) is 25.1 Å². The number of benzene rings is 2. The second-order valence-corrected chi connectivity index (χ2v) is 7.16. The van der Waals surface area contributed by atoms with Crippen LogP contribution in [0.15, 0.2) is 60.9 Å². The number of aromatic nitrogens is 5. The molecule has 0 radical (unpaired) electrons. The van der Waals surface area contributed by atoms with E-state index in [1.54, 1.807) is 55.6 Å². The Hall–Kier alpha value is -4.57. The van der Waals surface area contributed by atoms with Crippen molar-refractivity contribution in [1.29, 1.82) is 0 Å². The molecule has 12 heteroatoms. The maximum absolute atomic E-state index is 13.5. The van der Waals surface area contributed by atoms with Crippen molar-refractivity contribution in [2.45, 2.75) is 26.4 Å². The van der Waals surface area contributed by atoms with E-state index in [9.17, 15) is 18.0 Å². The monoisotopic (exact) mass is 484 g/mol. The van der Waals surface area contributed by atoms with Crippen LogP contribution in [0.5, 0.6) is 0 Å². The minimum atomic E-state index is -4.51. The molecule has 0 aliphatic carbocycles. The van der Waals surface area contributed by atoms with Gasteiger partial charge in [0.15, 0.2) is 5.69 Å². The van der Waals surface area contributed by atoms with Crippen molar-refractivity contribution < 1.29 is 27.6 Å². The average molecular weight is 484 g/mol. The number of halogens is 3. The van der Waals surface area contributed by atoms with E-state index < -0.39 is 11.9 Å². The molecule has 4 rings (SSSR count). The largest absolute Gasteiger partial charge is 0.433 e. The van der Waals surface area contributed by atoms with Gasteiger partial charge in [0.2, 0.25) is 5.91 Å². The van der Waals surface area contributed by atoms with Crippen molar-refractivity contribution >= 4 is 17.7 Å². The lowest BCUT2D eigenvalue weighted by molar-refractivity contribution is -0.191. The summed E-state index contributed by atoms with van der Waals surface area (Å²) in [6.45, 7) is 3.07. The predicted molar refractivity (Wildman–Crippen MR) is 118 cm³/mol. The van der Waals surface area contributed by atoms with Gasteiger partial charge in [-0.2, -0.15) is 27.9 Å². The van der Waals surface area contributed by atoms with E-state index in [1.165, 1.54) is 17.8 Å². The Morgan fingerprint density at radius 2 is 1.74 bits per heavy atom.